The fourth-order valence-electron chi connectivity index (χ4n) is 2.33. The molecule has 1 aromatic heterocycles. The van der Waals surface area contributed by atoms with Gasteiger partial charge in [0.05, 0.1) is 0 Å². The summed E-state index contributed by atoms with van der Waals surface area (Å²) in [5.41, 5.74) is 3.70. The van der Waals surface area contributed by atoms with E-state index < -0.39 is 0 Å². The maximum absolute atomic E-state index is 11.1. The number of hydrogen-bond donors (Lipinski definition) is 1. The molecule has 0 atom stereocenters. The van der Waals surface area contributed by atoms with Crippen LogP contribution in [0, 0.1) is 18.3 Å². The molecule has 3 aromatic rings. The molecule has 0 saturated carbocycles. The minimum absolute atomic E-state index is 0.138. The second-order valence-corrected chi connectivity index (χ2v) is 5.76. The van der Waals surface area contributed by atoms with Gasteiger partial charge < -0.3 is 9.84 Å². The Hall–Kier alpha value is -3.72. The number of nitriles is 1. The van der Waals surface area contributed by atoms with E-state index in [4.69, 9.17) is 4.52 Å². The highest BCUT2D eigenvalue weighted by Crippen LogP contribution is 2.22. The molecular weight excluding hydrogens is 328 g/mol. The third-order valence-corrected chi connectivity index (χ3v) is 3.63. The maximum Gasteiger partial charge on any atom is 0.268 e. The van der Waals surface area contributed by atoms with Crippen LogP contribution in [0.25, 0.3) is 23.0 Å². The molecule has 3 rings (SSSR count). The average Bonchev–Trinajstić information content (AvgIpc) is 3.11. The Morgan fingerprint density at radius 1 is 1.15 bits per heavy atom. The standard InChI is InChI=1S/C20H16N4O2/c1-13-3-7-16(8-4-13)19-23-20(26-24-19)17(12-21)11-15-5-9-18(10-6-15)22-14(2)25/h3-11H,1-2H3,(H,22,25)/b17-11+. The van der Waals surface area contributed by atoms with Crippen LogP contribution < -0.4 is 5.32 Å². The van der Waals surface area contributed by atoms with Crippen molar-refractivity contribution >= 4 is 23.2 Å². The largest absolute Gasteiger partial charge is 0.333 e. The van der Waals surface area contributed by atoms with Gasteiger partial charge in [-0.15, -0.1) is 0 Å². The number of aryl methyl sites for hydroxylation is 1. The van der Waals surface area contributed by atoms with Crippen LogP contribution in [0.2, 0.25) is 0 Å². The summed E-state index contributed by atoms with van der Waals surface area (Å²) in [5.74, 6) is 0.455. The molecule has 128 valence electrons. The lowest BCUT2D eigenvalue weighted by atomic mass is 10.1. The number of carbonyl (C=O) groups excluding carboxylic acids is 1. The maximum atomic E-state index is 11.1. The molecular formula is C20H16N4O2. The van der Waals surface area contributed by atoms with Gasteiger partial charge in [0.25, 0.3) is 5.89 Å². The highest BCUT2D eigenvalue weighted by atomic mass is 16.5. The zero-order valence-electron chi connectivity index (χ0n) is 14.4. The van der Waals surface area contributed by atoms with Crippen LogP contribution in [-0.2, 0) is 4.79 Å². The minimum atomic E-state index is -0.138. The smallest absolute Gasteiger partial charge is 0.268 e. The predicted octanol–water partition coefficient (Wildman–Crippen LogP) is 4.07. The van der Waals surface area contributed by atoms with Gasteiger partial charge in [-0.2, -0.15) is 10.2 Å². The van der Waals surface area contributed by atoms with E-state index in [1.165, 1.54) is 6.92 Å². The fourth-order valence-corrected chi connectivity index (χ4v) is 2.33. The van der Waals surface area contributed by atoms with Crippen LogP contribution >= 0.6 is 0 Å². The van der Waals surface area contributed by atoms with E-state index in [0.717, 1.165) is 16.7 Å². The summed E-state index contributed by atoms with van der Waals surface area (Å²) >= 11 is 0. The van der Waals surface area contributed by atoms with Gasteiger partial charge in [-0.1, -0.05) is 47.1 Å². The molecule has 0 spiro atoms. The highest BCUT2D eigenvalue weighted by Gasteiger charge is 2.13. The van der Waals surface area contributed by atoms with Crippen LogP contribution in [0.15, 0.2) is 53.1 Å². The summed E-state index contributed by atoms with van der Waals surface area (Å²) in [6.45, 7) is 3.45. The Kier molecular flexibility index (Phi) is 4.90. The Bertz CT molecular complexity index is 994. The van der Waals surface area contributed by atoms with Crippen molar-refractivity contribution in [3.8, 4) is 17.5 Å². The van der Waals surface area contributed by atoms with E-state index in [1.807, 2.05) is 31.2 Å². The molecule has 6 nitrogen and oxygen atoms in total. The van der Waals surface area contributed by atoms with Crippen molar-refractivity contribution in [2.24, 2.45) is 0 Å². The van der Waals surface area contributed by atoms with Gasteiger partial charge in [0.1, 0.15) is 11.6 Å². The zero-order valence-corrected chi connectivity index (χ0v) is 14.4. The van der Waals surface area contributed by atoms with Crippen molar-refractivity contribution < 1.29 is 9.32 Å². The van der Waals surface area contributed by atoms with E-state index in [-0.39, 0.29) is 17.4 Å². The molecule has 0 radical (unpaired) electrons. The molecule has 0 bridgehead atoms. The first-order valence-electron chi connectivity index (χ1n) is 7.96. The molecule has 0 aliphatic heterocycles. The van der Waals surface area contributed by atoms with Crippen molar-refractivity contribution in [1.82, 2.24) is 10.1 Å². The van der Waals surface area contributed by atoms with Gasteiger partial charge in [0.2, 0.25) is 11.7 Å². The van der Waals surface area contributed by atoms with Gasteiger partial charge >= 0.3 is 0 Å². The van der Waals surface area contributed by atoms with E-state index in [1.54, 1.807) is 30.3 Å². The Morgan fingerprint density at radius 2 is 1.85 bits per heavy atom. The molecule has 0 unspecified atom stereocenters. The normalized spacial score (nSPS) is 11.0. The summed E-state index contributed by atoms with van der Waals surface area (Å²) in [5, 5.41) is 16.1. The van der Waals surface area contributed by atoms with Crippen molar-refractivity contribution in [3.05, 3.63) is 65.5 Å². The van der Waals surface area contributed by atoms with Crippen LogP contribution in [0.1, 0.15) is 23.9 Å². The number of hydrogen-bond acceptors (Lipinski definition) is 5. The number of anilines is 1. The molecule has 0 fully saturated rings. The van der Waals surface area contributed by atoms with Gasteiger partial charge in [-0.25, -0.2) is 0 Å². The lowest BCUT2D eigenvalue weighted by Gasteiger charge is -2.01. The number of rotatable bonds is 4. The first kappa shape index (κ1) is 17.1. The quantitative estimate of drug-likeness (QED) is 0.720. The first-order chi connectivity index (χ1) is 12.5. The average molecular weight is 344 g/mol. The fraction of sp³-hybridized carbons (Fsp3) is 0.100. The monoisotopic (exact) mass is 344 g/mol. The topological polar surface area (TPSA) is 91.8 Å². The summed E-state index contributed by atoms with van der Waals surface area (Å²) < 4.78 is 5.24. The zero-order chi connectivity index (χ0) is 18.5. The molecule has 1 N–H and O–H groups in total. The third-order valence-electron chi connectivity index (χ3n) is 3.63. The minimum Gasteiger partial charge on any atom is -0.333 e. The summed E-state index contributed by atoms with van der Waals surface area (Å²) in [4.78, 5) is 15.4. The Labute approximate surface area is 150 Å². The summed E-state index contributed by atoms with van der Waals surface area (Å²) in [7, 11) is 0. The van der Waals surface area contributed by atoms with E-state index >= 15 is 0 Å². The van der Waals surface area contributed by atoms with Gasteiger partial charge in [-0.3, -0.25) is 4.79 Å². The molecule has 6 heteroatoms. The lowest BCUT2D eigenvalue weighted by molar-refractivity contribution is -0.114. The third kappa shape index (κ3) is 4.02. The van der Waals surface area contributed by atoms with Gasteiger partial charge in [0.15, 0.2) is 0 Å². The summed E-state index contributed by atoms with van der Waals surface area (Å²) in [6, 6.07) is 16.9. The SMILES string of the molecule is CC(=O)Nc1ccc(/C=C(\C#N)c2nc(-c3ccc(C)cc3)no2)cc1. The second kappa shape index (κ2) is 7.45. The van der Waals surface area contributed by atoms with Crippen LogP contribution in [0.3, 0.4) is 0 Å². The molecule has 1 amide bonds. The number of aromatic nitrogens is 2. The van der Waals surface area contributed by atoms with E-state index in [0.29, 0.717) is 11.5 Å². The van der Waals surface area contributed by atoms with Crippen LogP contribution in [0.4, 0.5) is 5.69 Å². The van der Waals surface area contributed by atoms with Crippen LogP contribution in [0.5, 0.6) is 0 Å². The predicted molar refractivity (Wildman–Crippen MR) is 98.7 cm³/mol. The van der Waals surface area contributed by atoms with Crippen molar-refractivity contribution in [2.75, 3.05) is 5.32 Å². The van der Waals surface area contributed by atoms with E-state index in [9.17, 15) is 10.1 Å². The molecule has 0 saturated heterocycles. The Balaban J connectivity index is 1.85. The lowest BCUT2D eigenvalue weighted by Crippen LogP contribution is -2.05. The number of carbonyl (C=O) groups is 1. The second-order valence-electron chi connectivity index (χ2n) is 5.76. The highest BCUT2D eigenvalue weighted by molar-refractivity contribution is 5.90. The molecule has 2 aromatic carbocycles. The molecule has 0 aliphatic carbocycles. The number of nitrogens with one attached hydrogen (secondary N) is 1. The Morgan fingerprint density at radius 3 is 2.46 bits per heavy atom. The number of benzene rings is 2. The first-order valence-corrected chi connectivity index (χ1v) is 7.96. The van der Waals surface area contributed by atoms with Crippen molar-refractivity contribution in [2.45, 2.75) is 13.8 Å². The number of allylic oxidation sites excluding steroid dienone is 1. The van der Waals surface area contributed by atoms with Gasteiger partial charge in [-0.05, 0) is 30.7 Å². The van der Waals surface area contributed by atoms with Crippen molar-refractivity contribution in [1.29, 1.82) is 5.26 Å². The number of amides is 1. The van der Waals surface area contributed by atoms with E-state index in [2.05, 4.69) is 21.5 Å². The van der Waals surface area contributed by atoms with Crippen LogP contribution in [-0.4, -0.2) is 16.0 Å². The summed E-state index contributed by atoms with van der Waals surface area (Å²) in [6.07, 6.45) is 1.66. The van der Waals surface area contributed by atoms with Gasteiger partial charge in [0, 0.05) is 18.2 Å². The van der Waals surface area contributed by atoms with Crippen molar-refractivity contribution in [3.63, 3.8) is 0 Å². The molecule has 1 heterocycles. The molecule has 0 aliphatic rings. The number of nitrogens with zero attached hydrogens (tertiary/aromatic N) is 3. The molecule has 26 heavy (non-hydrogen) atoms.